The van der Waals surface area contributed by atoms with E-state index in [0.717, 1.165) is 24.2 Å². The number of hydrogen-bond acceptors (Lipinski definition) is 1. The Morgan fingerprint density at radius 1 is 1.23 bits per heavy atom. The van der Waals surface area contributed by atoms with Gasteiger partial charge >= 0.3 is 0 Å². The number of aryl methyl sites for hydroxylation is 2. The fourth-order valence-electron chi connectivity index (χ4n) is 1.56. The lowest BCUT2D eigenvalue weighted by molar-refractivity contribution is 0.544. The lowest BCUT2D eigenvalue weighted by atomic mass is 10.2. The van der Waals surface area contributed by atoms with E-state index >= 15 is 0 Å². The Morgan fingerprint density at radius 2 is 2.08 bits per heavy atom. The minimum absolute atomic E-state index is 1.02. The molecule has 1 heterocycles. The number of rotatable bonds is 2. The van der Waals surface area contributed by atoms with Gasteiger partial charge in [0.1, 0.15) is 11.3 Å². The zero-order valence-electron chi connectivity index (χ0n) is 8.13. The van der Waals surface area contributed by atoms with E-state index < -0.39 is 0 Å². The molecule has 0 fully saturated rings. The second kappa shape index (κ2) is 3.25. The van der Waals surface area contributed by atoms with Gasteiger partial charge in [0.15, 0.2) is 0 Å². The van der Waals surface area contributed by atoms with Crippen LogP contribution in [0.3, 0.4) is 0 Å². The Bertz CT molecular complexity index is 412. The first kappa shape index (κ1) is 8.36. The van der Waals surface area contributed by atoms with Crippen LogP contribution in [0.4, 0.5) is 0 Å². The molecule has 0 bridgehead atoms. The molecule has 0 amide bonds. The van der Waals surface area contributed by atoms with E-state index in [0.29, 0.717) is 0 Å². The van der Waals surface area contributed by atoms with E-state index in [4.69, 9.17) is 4.42 Å². The highest BCUT2D eigenvalue weighted by molar-refractivity contribution is 5.78. The van der Waals surface area contributed by atoms with Gasteiger partial charge < -0.3 is 4.42 Å². The van der Waals surface area contributed by atoms with E-state index in [-0.39, 0.29) is 0 Å². The van der Waals surface area contributed by atoms with E-state index in [1.165, 1.54) is 10.9 Å². The second-order valence-corrected chi connectivity index (χ2v) is 3.50. The molecule has 0 radical (unpaired) electrons. The Hall–Kier alpha value is -1.24. The molecular weight excluding hydrogens is 160 g/mol. The number of fused-ring (bicyclic) bond motifs is 1. The van der Waals surface area contributed by atoms with Crippen LogP contribution < -0.4 is 0 Å². The fourth-order valence-corrected chi connectivity index (χ4v) is 1.56. The number of hydrogen-bond donors (Lipinski definition) is 0. The predicted octanol–water partition coefficient (Wildman–Crippen LogP) is 3.69. The minimum atomic E-state index is 1.02. The monoisotopic (exact) mass is 174 g/mol. The summed E-state index contributed by atoms with van der Waals surface area (Å²) >= 11 is 0. The smallest absolute Gasteiger partial charge is 0.134 e. The van der Waals surface area contributed by atoms with Crippen molar-refractivity contribution in [3.8, 4) is 0 Å². The zero-order valence-corrected chi connectivity index (χ0v) is 8.13. The molecule has 0 unspecified atom stereocenters. The summed E-state index contributed by atoms with van der Waals surface area (Å²) in [7, 11) is 0. The van der Waals surface area contributed by atoms with Crippen LogP contribution in [-0.4, -0.2) is 0 Å². The molecule has 0 atom stereocenters. The zero-order chi connectivity index (χ0) is 9.26. The molecule has 68 valence electrons. The SMILES string of the molecule is CCCc1cc2ccc(C)cc2o1. The third-order valence-corrected chi connectivity index (χ3v) is 2.22. The summed E-state index contributed by atoms with van der Waals surface area (Å²) in [5.74, 6) is 1.10. The third-order valence-electron chi connectivity index (χ3n) is 2.22. The molecular formula is C12H14O. The van der Waals surface area contributed by atoms with Crippen LogP contribution in [0, 0.1) is 6.92 Å². The Morgan fingerprint density at radius 3 is 2.85 bits per heavy atom. The van der Waals surface area contributed by atoms with E-state index in [1.54, 1.807) is 0 Å². The molecule has 0 aliphatic rings. The maximum absolute atomic E-state index is 5.69. The fraction of sp³-hybridized carbons (Fsp3) is 0.333. The normalized spacial score (nSPS) is 10.9. The molecule has 0 spiro atoms. The average molecular weight is 174 g/mol. The summed E-state index contributed by atoms with van der Waals surface area (Å²) in [6, 6.07) is 8.47. The van der Waals surface area contributed by atoms with Crippen LogP contribution in [0.15, 0.2) is 28.7 Å². The van der Waals surface area contributed by atoms with Crippen molar-refractivity contribution in [2.75, 3.05) is 0 Å². The molecule has 1 aromatic carbocycles. The Labute approximate surface area is 78.4 Å². The van der Waals surface area contributed by atoms with Crippen molar-refractivity contribution >= 4 is 11.0 Å². The number of benzene rings is 1. The maximum Gasteiger partial charge on any atom is 0.134 e. The van der Waals surface area contributed by atoms with Crippen LogP contribution >= 0.6 is 0 Å². The average Bonchev–Trinajstić information content (AvgIpc) is 2.46. The summed E-state index contributed by atoms with van der Waals surface area (Å²) in [5.41, 5.74) is 2.27. The first-order valence-corrected chi connectivity index (χ1v) is 4.78. The van der Waals surface area contributed by atoms with Crippen molar-refractivity contribution in [1.29, 1.82) is 0 Å². The van der Waals surface area contributed by atoms with Gasteiger partial charge in [-0.05, 0) is 31.0 Å². The second-order valence-electron chi connectivity index (χ2n) is 3.50. The summed E-state index contributed by atoms with van der Waals surface area (Å²) in [5, 5.41) is 1.22. The molecule has 2 rings (SSSR count). The molecule has 2 aromatic rings. The van der Waals surface area contributed by atoms with Crippen molar-refractivity contribution in [1.82, 2.24) is 0 Å². The highest BCUT2D eigenvalue weighted by Gasteiger charge is 2.01. The molecule has 1 heteroatoms. The van der Waals surface area contributed by atoms with Gasteiger partial charge in [-0.3, -0.25) is 0 Å². The largest absolute Gasteiger partial charge is 0.461 e. The Balaban J connectivity index is 2.49. The first-order chi connectivity index (χ1) is 6.29. The maximum atomic E-state index is 5.69. The lowest BCUT2D eigenvalue weighted by Crippen LogP contribution is -1.74. The Kier molecular flexibility index (Phi) is 2.09. The molecule has 13 heavy (non-hydrogen) atoms. The van der Waals surface area contributed by atoms with Gasteiger partial charge in [0.05, 0.1) is 0 Å². The van der Waals surface area contributed by atoms with Gasteiger partial charge in [-0.15, -0.1) is 0 Å². The highest BCUT2D eigenvalue weighted by Crippen LogP contribution is 2.21. The van der Waals surface area contributed by atoms with Crippen molar-refractivity contribution in [2.24, 2.45) is 0 Å². The van der Waals surface area contributed by atoms with Crippen molar-refractivity contribution in [3.63, 3.8) is 0 Å². The molecule has 1 nitrogen and oxygen atoms in total. The van der Waals surface area contributed by atoms with Gasteiger partial charge in [-0.1, -0.05) is 19.1 Å². The topological polar surface area (TPSA) is 13.1 Å². The van der Waals surface area contributed by atoms with E-state index in [2.05, 4.69) is 38.1 Å². The van der Waals surface area contributed by atoms with Gasteiger partial charge in [0.25, 0.3) is 0 Å². The quantitative estimate of drug-likeness (QED) is 0.676. The molecule has 0 aliphatic heterocycles. The van der Waals surface area contributed by atoms with Crippen LogP contribution in [0.25, 0.3) is 11.0 Å². The predicted molar refractivity (Wildman–Crippen MR) is 54.9 cm³/mol. The van der Waals surface area contributed by atoms with Gasteiger partial charge in [-0.25, -0.2) is 0 Å². The van der Waals surface area contributed by atoms with Crippen molar-refractivity contribution in [2.45, 2.75) is 26.7 Å². The van der Waals surface area contributed by atoms with Crippen LogP contribution in [0.5, 0.6) is 0 Å². The molecule has 0 saturated carbocycles. The van der Waals surface area contributed by atoms with Gasteiger partial charge in [0.2, 0.25) is 0 Å². The molecule has 0 N–H and O–H groups in total. The number of furan rings is 1. The standard InChI is InChI=1S/C12H14O/c1-3-4-11-8-10-6-5-9(2)7-12(10)13-11/h5-8H,3-4H2,1-2H3. The van der Waals surface area contributed by atoms with Crippen LogP contribution in [-0.2, 0) is 6.42 Å². The van der Waals surface area contributed by atoms with Crippen molar-refractivity contribution in [3.05, 3.63) is 35.6 Å². The van der Waals surface area contributed by atoms with E-state index in [9.17, 15) is 0 Å². The lowest BCUT2D eigenvalue weighted by Gasteiger charge is -1.90. The molecule has 0 aliphatic carbocycles. The summed E-state index contributed by atoms with van der Waals surface area (Å²) in [6.07, 6.45) is 2.17. The van der Waals surface area contributed by atoms with Gasteiger partial charge in [0, 0.05) is 11.8 Å². The molecule has 1 aromatic heterocycles. The first-order valence-electron chi connectivity index (χ1n) is 4.78. The van der Waals surface area contributed by atoms with Gasteiger partial charge in [-0.2, -0.15) is 0 Å². The third kappa shape index (κ3) is 1.59. The van der Waals surface area contributed by atoms with Crippen LogP contribution in [0.2, 0.25) is 0 Å². The summed E-state index contributed by atoms with van der Waals surface area (Å²) < 4.78 is 5.69. The molecule has 0 saturated heterocycles. The highest BCUT2D eigenvalue weighted by atomic mass is 16.3. The minimum Gasteiger partial charge on any atom is -0.461 e. The van der Waals surface area contributed by atoms with E-state index in [1.807, 2.05) is 0 Å². The van der Waals surface area contributed by atoms with Crippen molar-refractivity contribution < 1.29 is 4.42 Å². The van der Waals surface area contributed by atoms with Crippen LogP contribution in [0.1, 0.15) is 24.7 Å². The summed E-state index contributed by atoms with van der Waals surface area (Å²) in [4.78, 5) is 0. The summed E-state index contributed by atoms with van der Waals surface area (Å²) in [6.45, 7) is 4.25.